The topological polar surface area (TPSA) is 90.6 Å². The van der Waals surface area contributed by atoms with Crippen LogP contribution in [0.2, 0.25) is 0 Å². The zero-order chi connectivity index (χ0) is 12.1. The van der Waals surface area contributed by atoms with Gasteiger partial charge in [0.1, 0.15) is 5.69 Å². The van der Waals surface area contributed by atoms with Crippen LogP contribution in [0.25, 0.3) is 0 Å². The highest BCUT2D eigenvalue weighted by Crippen LogP contribution is 2.27. The van der Waals surface area contributed by atoms with Gasteiger partial charge < -0.3 is 15.2 Å². The van der Waals surface area contributed by atoms with Crippen molar-refractivity contribution in [1.82, 2.24) is 9.97 Å². The van der Waals surface area contributed by atoms with Crippen LogP contribution in [0.4, 0.5) is 10.5 Å². The van der Waals surface area contributed by atoms with Crippen molar-refractivity contribution in [1.29, 1.82) is 0 Å². The molecule has 7 nitrogen and oxygen atoms in total. The van der Waals surface area contributed by atoms with Crippen LogP contribution in [0.5, 0.6) is 11.9 Å². The van der Waals surface area contributed by atoms with Crippen molar-refractivity contribution in [3.05, 3.63) is 6.20 Å². The number of anilines is 1. The van der Waals surface area contributed by atoms with E-state index >= 15 is 0 Å². The zero-order valence-electron chi connectivity index (χ0n) is 8.88. The van der Waals surface area contributed by atoms with Crippen LogP contribution in [0, 0.1) is 0 Å². The lowest BCUT2D eigenvalue weighted by Crippen LogP contribution is -2.27. The monoisotopic (exact) mass is 244 g/mol. The van der Waals surface area contributed by atoms with Gasteiger partial charge in [-0.15, -0.1) is 0 Å². The molecular formula is C8H12N4O3S. The summed E-state index contributed by atoms with van der Waals surface area (Å²) in [5.41, 5.74) is 5.31. The largest absolute Gasteiger partial charge is 0.479 e. The SMILES string of the molecule is CCOc1ncc(N(S)C(N)=O)c(OC)n1. The van der Waals surface area contributed by atoms with Crippen LogP contribution < -0.4 is 19.5 Å². The molecule has 0 saturated heterocycles. The molecule has 0 fully saturated rings. The van der Waals surface area contributed by atoms with Crippen molar-refractivity contribution >= 4 is 24.5 Å². The summed E-state index contributed by atoms with van der Waals surface area (Å²) in [5, 5.41) is 0. The van der Waals surface area contributed by atoms with E-state index in [0.29, 0.717) is 6.61 Å². The number of carbonyl (C=O) groups excluding carboxylic acids is 1. The Bertz CT molecular complexity index is 388. The summed E-state index contributed by atoms with van der Waals surface area (Å²) in [5.74, 6) is 0.159. The van der Waals surface area contributed by atoms with Crippen molar-refractivity contribution in [2.24, 2.45) is 5.73 Å². The fourth-order valence-electron chi connectivity index (χ4n) is 0.957. The lowest BCUT2D eigenvalue weighted by Gasteiger charge is -2.15. The molecule has 0 aliphatic carbocycles. The Labute approximate surface area is 98.1 Å². The number of nitrogens with zero attached hydrogens (tertiary/aromatic N) is 3. The molecule has 0 bridgehead atoms. The van der Waals surface area contributed by atoms with Gasteiger partial charge in [-0.05, 0) is 6.92 Å². The molecule has 8 heteroatoms. The third-order valence-electron chi connectivity index (χ3n) is 1.62. The van der Waals surface area contributed by atoms with Gasteiger partial charge in [0.25, 0.3) is 0 Å². The highest BCUT2D eigenvalue weighted by atomic mass is 32.1. The number of amides is 2. The standard InChI is InChI=1S/C8H12N4O3S/c1-3-15-8-10-4-5(6(11-8)14-2)12(16)7(9)13/h4,16H,3H2,1-2H3,(H2,9,13). The van der Waals surface area contributed by atoms with Crippen molar-refractivity contribution in [2.75, 3.05) is 18.0 Å². The van der Waals surface area contributed by atoms with E-state index in [1.807, 2.05) is 0 Å². The molecule has 0 atom stereocenters. The van der Waals surface area contributed by atoms with Gasteiger partial charge in [0.05, 0.1) is 19.9 Å². The van der Waals surface area contributed by atoms with Gasteiger partial charge in [0.2, 0.25) is 5.88 Å². The first kappa shape index (κ1) is 12.4. The maximum Gasteiger partial charge on any atom is 0.329 e. The Kier molecular flexibility index (Phi) is 4.18. The molecule has 0 aliphatic rings. The minimum atomic E-state index is -0.755. The average molecular weight is 244 g/mol. The summed E-state index contributed by atoms with van der Waals surface area (Å²) < 4.78 is 10.9. The molecule has 0 radical (unpaired) electrons. The Balaban J connectivity index is 3.06. The van der Waals surface area contributed by atoms with Crippen molar-refractivity contribution in [3.8, 4) is 11.9 Å². The molecule has 1 aromatic heterocycles. The van der Waals surface area contributed by atoms with Gasteiger partial charge in [0, 0.05) is 0 Å². The molecule has 1 aromatic rings. The molecular weight excluding hydrogens is 232 g/mol. The van der Waals surface area contributed by atoms with Gasteiger partial charge in [0.15, 0.2) is 0 Å². The highest BCUT2D eigenvalue weighted by molar-refractivity contribution is 7.82. The molecule has 1 heterocycles. The van der Waals surface area contributed by atoms with Crippen molar-refractivity contribution < 1.29 is 14.3 Å². The Hall–Kier alpha value is -1.70. The molecule has 88 valence electrons. The summed E-state index contributed by atoms with van der Waals surface area (Å²) in [6, 6.07) is -0.594. The van der Waals surface area contributed by atoms with Gasteiger partial charge in [-0.25, -0.2) is 14.1 Å². The Morgan fingerprint density at radius 1 is 1.69 bits per heavy atom. The summed E-state index contributed by atoms with van der Waals surface area (Å²) >= 11 is 3.88. The van der Waals surface area contributed by atoms with Crippen LogP contribution in [0.15, 0.2) is 6.20 Å². The molecule has 0 unspecified atom stereocenters. The lowest BCUT2D eigenvalue weighted by atomic mass is 10.5. The molecule has 0 aliphatic heterocycles. The number of carbonyl (C=O) groups is 1. The summed E-state index contributed by atoms with van der Waals surface area (Å²) in [7, 11) is 1.41. The molecule has 16 heavy (non-hydrogen) atoms. The maximum absolute atomic E-state index is 10.9. The normalized spacial score (nSPS) is 9.69. The zero-order valence-corrected chi connectivity index (χ0v) is 9.77. The first-order valence-electron chi connectivity index (χ1n) is 4.42. The minimum Gasteiger partial charge on any atom is -0.479 e. The molecule has 0 aromatic carbocycles. The number of hydrogen-bond donors (Lipinski definition) is 2. The van der Waals surface area contributed by atoms with E-state index in [1.165, 1.54) is 13.3 Å². The summed E-state index contributed by atoms with van der Waals surface area (Å²) in [4.78, 5) is 18.7. The van der Waals surface area contributed by atoms with E-state index in [-0.39, 0.29) is 17.6 Å². The van der Waals surface area contributed by atoms with E-state index in [9.17, 15) is 4.79 Å². The number of ether oxygens (including phenoxy) is 2. The predicted molar refractivity (Wildman–Crippen MR) is 60.8 cm³/mol. The number of primary amides is 1. The van der Waals surface area contributed by atoms with Gasteiger partial charge in [-0.3, -0.25) is 0 Å². The van der Waals surface area contributed by atoms with Crippen LogP contribution in [0.1, 0.15) is 6.92 Å². The molecule has 2 N–H and O–H groups in total. The predicted octanol–water partition coefficient (Wildman–Crippen LogP) is 0.614. The van der Waals surface area contributed by atoms with E-state index < -0.39 is 6.03 Å². The molecule has 0 spiro atoms. The van der Waals surface area contributed by atoms with E-state index in [0.717, 1.165) is 4.31 Å². The second-order valence-corrected chi connectivity index (χ2v) is 3.03. The number of methoxy groups -OCH3 is 1. The minimum absolute atomic E-state index is 0.159. The number of rotatable bonds is 4. The number of urea groups is 1. The van der Waals surface area contributed by atoms with Crippen LogP contribution in [-0.4, -0.2) is 29.7 Å². The molecule has 0 saturated carbocycles. The third-order valence-corrected chi connectivity index (χ3v) is 2.03. The van der Waals surface area contributed by atoms with Gasteiger partial charge in [-0.1, -0.05) is 12.8 Å². The van der Waals surface area contributed by atoms with Crippen molar-refractivity contribution in [2.45, 2.75) is 6.92 Å². The molecule has 2 amide bonds. The van der Waals surface area contributed by atoms with Crippen LogP contribution in [0.3, 0.4) is 0 Å². The maximum atomic E-state index is 10.9. The first-order valence-corrected chi connectivity index (χ1v) is 4.82. The van der Waals surface area contributed by atoms with Crippen LogP contribution >= 0.6 is 12.8 Å². The van der Waals surface area contributed by atoms with Gasteiger partial charge in [-0.2, -0.15) is 4.98 Å². The number of nitrogens with two attached hydrogens (primary N) is 1. The van der Waals surface area contributed by atoms with Gasteiger partial charge >= 0.3 is 12.0 Å². The van der Waals surface area contributed by atoms with Crippen LogP contribution in [-0.2, 0) is 0 Å². The fourth-order valence-corrected chi connectivity index (χ4v) is 1.09. The lowest BCUT2D eigenvalue weighted by molar-refractivity contribution is 0.257. The average Bonchev–Trinajstić information content (AvgIpc) is 2.28. The number of aromatic nitrogens is 2. The second-order valence-electron chi connectivity index (χ2n) is 2.63. The first-order chi connectivity index (χ1) is 7.60. The third kappa shape index (κ3) is 2.66. The quantitative estimate of drug-likeness (QED) is 0.757. The Morgan fingerprint density at radius 2 is 2.38 bits per heavy atom. The highest BCUT2D eigenvalue weighted by Gasteiger charge is 2.16. The summed E-state index contributed by atoms with van der Waals surface area (Å²) in [6.07, 6.45) is 1.34. The summed E-state index contributed by atoms with van der Waals surface area (Å²) in [6.45, 7) is 2.24. The van der Waals surface area contributed by atoms with E-state index in [1.54, 1.807) is 6.92 Å². The smallest absolute Gasteiger partial charge is 0.329 e. The number of hydrogen-bond acceptors (Lipinski definition) is 6. The number of thiol groups is 1. The van der Waals surface area contributed by atoms with Crippen molar-refractivity contribution in [3.63, 3.8) is 0 Å². The fraction of sp³-hybridized carbons (Fsp3) is 0.375. The van der Waals surface area contributed by atoms with E-state index in [2.05, 4.69) is 22.8 Å². The Morgan fingerprint density at radius 3 is 2.88 bits per heavy atom. The second kappa shape index (κ2) is 5.40. The molecule has 1 rings (SSSR count). The van der Waals surface area contributed by atoms with E-state index in [4.69, 9.17) is 15.2 Å².